The van der Waals surface area contributed by atoms with Crippen molar-refractivity contribution in [3.8, 4) is 0 Å². The third-order valence-electron chi connectivity index (χ3n) is 4.64. The summed E-state index contributed by atoms with van der Waals surface area (Å²) in [5, 5.41) is 4.12. The Hall–Kier alpha value is -2.24. The van der Waals surface area contributed by atoms with E-state index in [1.54, 1.807) is 11.3 Å². The molecule has 5 heteroatoms. The van der Waals surface area contributed by atoms with E-state index < -0.39 is 0 Å². The van der Waals surface area contributed by atoms with Crippen molar-refractivity contribution in [2.45, 2.75) is 25.8 Å². The first-order chi connectivity index (χ1) is 12.2. The van der Waals surface area contributed by atoms with E-state index in [1.165, 1.54) is 10.3 Å². The van der Waals surface area contributed by atoms with Crippen LogP contribution >= 0.6 is 11.3 Å². The third-order valence-corrected chi connectivity index (χ3v) is 5.78. The molecule has 4 rings (SSSR count). The van der Waals surface area contributed by atoms with Gasteiger partial charge in [-0.15, -0.1) is 11.3 Å². The Morgan fingerprint density at radius 2 is 2.04 bits per heavy atom. The fourth-order valence-electron chi connectivity index (χ4n) is 3.35. The highest BCUT2D eigenvalue weighted by atomic mass is 32.1. The van der Waals surface area contributed by atoms with Gasteiger partial charge in [0, 0.05) is 5.69 Å². The Kier molecular flexibility index (Phi) is 4.51. The van der Waals surface area contributed by atoms with E-state index in [0.29, 0.717) is 6.54 Å². The fraction of sp³-hybridized carbons (Fsp3) is 0.300. The molecule has 1 amide bonds. The molecule has 1 aliphatic rings. The topological polar surface area (TPSA) is 45.2 Å². The minimum Gasteiger partial charge on any atom is -0.325 e. The summed E-state index contributed by atoms with van der Waals surface area (Å²) in [4.78, 5) is 19.5. The largest absolute Gasteiger partial charge is 0.325 e. The summed E-state index contributed by atoms with van der Waals surface area (Å²) in [5.74, 6) is 0.0388. The van der Waals surface area contributed by atoms with Gasteiger partial charge in [0.1, 0.15) is 5.01 Å². The van der Waals surface area contributed by atoms with Gasteiger partial charge in [0.15, 0.2) is 0 Å². The summed E-state index contributed by atoms with van der Waals surface area (Å²) in [6.45, 7) is 3.40. The van der Waals surface area contributed by atoms with Crippen LogP contribution in [0.25, 0.3) is 10.2 Å². The lowest BCUT2D eigenvalue weighted by Crippen LogP contribution is -2.32. The molecule has 3 aromatic rings. The predicted molar refractivity (Wildman–Crippen MR) is 103 cm³/mol. The number of carbonyl (C=O) groups excluding carboxylic acids is 1. The number of hydrogen-bond acceptors (Lipinski definition) is 4. The molecule has 1 saturated heterocycles. The van der Waals surface area contributed by atoms with E-state index >= 15 is 0 Å². The van der Waals surface area contributed by atoms with E-state index in [-0.39, 0.29) is 11.9 Å². The molecule has 0 unspecified atom stereocenters. The highest BCUT2D eigenvalue weighted by Gasteiger charge is 2.30. The molecule has 0 saturated carbocycles. The van der Waals surface area contributed by atoms with Crippen LogP contribution in [0.5, 0.6) is 0 Å². The number of benzene rings is 2. The first kappa shape index (κ1) is 16.2. The normalized spacial score (nSPS) is 17.9. The van der Waals surface area contributed by atoms with E-state index in [4.69, 9.17) is 4.98 Å². The minimum absolute atomic E-state index is 0.0388. The SMILES string of the molecule is Cc1ccc(NC(=O)CN2CCC[C@@H]2c2nc3ccccc3s2)cc1. The number of thiazole rings is 1. The quantitative estimate of drug-likeness (QED) is 0.759. The number of hydrogen-bond donors (Lipinski definition) is 1. The lowest BCUT2D eigenvalue weighted by molar-refractivity contribution is -0.117. The molecule has 1 aromatic heterocycles. The number of likely N-dealkylation sites (tertiary alicyclic amines) is 1. The second-order valence-electron chi connectivity index (χ2n) is 6.56. The lowest BCUT2D eigenvalue weighted by atomic mass is 10.2. The van der Waals surface area contributed by atoms with E-state index in [9.17, 15) is 4.79 Å². The molecule has 2 aromatic carbocycles. The zero-order chi connectivity index (χ0) is 17.2. The molecule has 0 bridgehead atoms. The highest BCUT2D eigenvalue weighted by molar-refractivity contribution is 7.18. The van der Waals surface area contributed by atoms with Crippen molar-refractivity contribution in [2.24, 2.45) is 0 Å². The fourth-order valence-corrected chi connectivity index (χ4v) is 4.49. The lowest BCUT2D eigenvalue weighted by Gasteiger charge is -2.22. The van der Waals surface area contributed by atoms with Crippen LogP contribution in [0, 0.1) is 6.92 Å². The first-order valence-corrected chi connectivity index (χ1v) is 9.47. The van der Waals surface area contributed by atoms with Crippen LogP contribution in [0.15, 0.2) is 48.5 Å². The van der Waals surface area contributed by atoms with Gasteiger partial charge in [0.25, 0.3) is 0 Å². The van der Waals surface area contributed by atoms with Crippen molar-refractivity contribution in [3.63, 3.8) is 0 Å². The van der Waals surface area contributed by atoms with Gasteiger partial charge < -0.3 is 5.32 Å². The number of aryl methyl sites for hydroxylation is 1. The van der Waals surface area contributed by atoms with Gasteiger partial charge in [-0.1, -0.05) is 29.8 Å². The van der Waals surface area contributed by atoms with Crippen molar-refractivity contribution < 1.29 is 4.79 Å². The summed E-state index contributed by atoms with van der Waals surface area (Å²) in [6, 6.07) is 16.4. The van der Waals surface area contributed by atoms with Crippen LogP contribution in [-0.2, 0) is 4.79 Å². The smallest absolute Gasteiger partial charge is 0.238 e. The zero-order valence-corrected chi connectivity index (χ0v) is 15.1. The average molecular weight is 351 g/mol. The molecule has 25 heavy (non-hydrogen) atoms. The maximum atomic E-state index is 12.4. The van der Waals surface area contributed by atoms with Crippen molar-refractivity contribution in [1.82, 2.24) is 9.88 Å². The second-order valence-corrected chi connectivity index (χ2v) is 7.62. The molecule has 4 nitrogen and oxygen atoms in total. The van der Waals surface area contributed by atoms with Gasteiger partial charge >= 0.3 is 0 Å². The summed E-state index contributed by atoms with van der Waals surface area (Å²) in [6.07, 6.45) is 2.18. The number of rotatable bonds is 4. The molecule has 1 N–H and O–H groups in total. The van der Waals surface area contributed by atoms with Crippen LogP contribution in [0.3, 0.4) is 0 Å². The summed E-state index contributed by atoms with van der Waals surface area (Å²) in [7, 11) is 0. The van der Waals surface area contributed by atoms with Crippen molar-refractivity contribution in [2.75, 3.05) is 18.4 Å². The Balaban J connectivity index is 1.45. The van der Waals surface area contributed by atoms with Crippen LogP contribution in [0.2, 0.25) is 0 Å². The Labute approximate surface area is 151 Å². The first-order valence-electron chi connectivity index (χ1n) is 8.65. The molecular weight excluding hydrogens is 330 g/mol. The van der Waals surface area contributed by atoms with E-state index in [1.807, 2.05) is 43.3 Å². The van der Waals surface area contributed by atoms with Gasteiger partial charge in [-0.05, 0) is 50.6 Å². The monoisotopic (exact) mass is 351 g/mol. The van der Waals surface area contributed by atoms with Crippen LogP contribution in [-0.4, -0.2) is 28.9 Å². The molecule has 1 fully saturated rings. The number of fused-ring (bicyclic) bond motifs is 1. The Bertz CT molecular complexity index is 854. The van der Waals surface area contributed by atoms with Crippen molar-refractivity contribution >= 4 is 33.1 Å². The molecule has 0 aliphatic carbocycles. The van der Waals surface area contributed by atoms with Gasteiger partial charge in [0.05, 0.1) is 22.8 Å². The summed E-state index contributed by atoms with van der Waals surface area (Å²) >= 11 is 1.75. The average Bonchev–Trinajstić information content (AvgIpc) is 3.22. The number of nitrogens with one attached hydrogen (secondary N) is 1. The Morgan fingerprint density at radius 1 is 1.24 bits per heavy atom. The number of nitrogens with zero attached hydrogens (tertiary/aromatic N) is 2. The molecule has 2 heterocycles. The predicted octanol–water partition coefficient (Wildman–Crippen LogP) is 4.38. The number of amides is 1. The molecular formula is C20H21N3OS. The van der Waals surface area contributed by atoms with Gasteiger partial charge in [-0.25, -0.2) is 4.98 Å². The zero-order valence-electron chi connectivity index (χ0n) is 14.2. The van der Waals surface area contributed by atoms with Gasteiger partial charge in [-0.3, -0.25) is 9.69 Å². The molecule has 0 radical (unpaired) electrons. The number of anilines is 1. The number of aromatic nitrogens is 1. The van der Waals surface area contributed by atoms with Crippen LogP contribution in [0.1, 0.15) is 29.5 Å². The Morgan fingerprint density at radius 3 is 2.84 bits per heavy atom. The number of carbonyl (C=O) groups is 1. The summed E-state index contributed by atoms with van der Waals surface area (Å²) < 4.78 is 1.22. The maximum Gasteiger partial charge on any atom is 0.238 e. The van der Waals surface area contributed by atoms with Gasteiger partial charge in [0.2, 0.25) is 5.91 Å². The maximum absolute atomic E-state index is 12.4. The van der Waals surface area contributed by atoms with Crippen molar-refractivity contribution in [3.05, 3.63) is 59.1 Å². The molecule has 1 atom stereocenters. The minimum atomic E-state index is 0.0388. The van der Waals surface area contributed by atoms with Crippen LogP contribution in [0.4, 0.5) is 5.69 Å². The molecule has 0 spiro atoms. The van der Waals surface area contributed by atoms with Crippen LogP contribution < -0.4 is 5.32 Å². The van der Waals surface area contributed by atoms with E-state index in [2.05, 4.69) is 22.3 Å². The van der Waals surface area contributed by atoms with Gasteiger partial charge in [-0.2, -0.15) is 0 Å². The summed E-state index contributed by atoms with van der Waals surface area (Å²) in [5.41, 5.74) is 3.10. The molecule has 128 valence electrons. The standard InChI is InChI=1S/C20H21N3OS/c1-14-8-10-15(11-9-14)21-19(24)13-23-12-4-6-17(23)20-22-16-5-2-3-7-18(16)25-20/h2-3,5,7-11,17H,4,6,12-13H2,1H3,(H,21,24)/t17-/m1/s1. The van der Waals surface area contributed by atoms with E-state index in [0.717, 1.165) is 35.6 Å². The highest BCUT2D eigenvalue weighted by Crippen LogP contribution is 2.36. The van der Waals surface area contributed by atoms with Crippen molar-refractivity contribution in [1.29, 1.82) is 0 Å². The third kappa shape index (κ3) is 3.57. The number of para-hydroxylation sites is 1. The molecule has 1 aliphatic heterocycles. The second kappa shape index (κ2) is 6.94.